The topological polar surface area (TPSA) is 101 Å². The summed E-state index contributed by atoms with van der Waals surface area (Å²) in [6.45, 7) is 0.0786. The van der Waals surface area contributed by atoms with E-state index in [2.05, 4.69) is 10.0 Å². The summed E-state index contributed by atoms with van der Waals surface area (Å²) in [4.78, 5) is 10.0. The van der Waals surface area contributed by atoms with E-state index in [1.165, 1.54) is 0 Å². The Labute approximate surface area is 114 Å². The Morgan fingerprint density at radius 1 is 1.42 bits per heavy atom. The second-order valence-electron chi connectivity index (χ2n) is 3.63. The molecule has 7 nitrogen and oxygen atoms in total. The van der Waals surface area contributed by atoms with Gasteiger partial charge in [0.05, 0.1) is 16.2 Å². The lowest BCUT2D eigenvalue weighted by Crippen LogP contribution is -2.27. The summed E-state index contributed by atoms with van der Waals surface area (Å²) in [6.07, 6.45) is 0.984. The first-order chi connectivity index (χ1) is 8.70. The largest absolute Gasteiger partial charge is 0.378 e. The van der Waals surface area contributed by atoms with Crippen LogP contribution >= 0.6 is 11.6 Å². The predicted octanol–water partition coefficient (Wildman–Crippen LogP) is 1.35. The number of benzene rings is 1. The van der Waals surface area contributed by atoms with Crippen LogP contribution < -0.4 is 10.0 Å². The first kappa shape index (κ1) is 15.6. The molecule has 0 aromatic heterocycles. The summed E-state index contributed by atoms with van der Waals surface area (Å²) in [5, 5.41) is 13.0. The van der Waals surface area contributed by atoms with Crippen LogP contribution in [0.2, 0.25) is 5.02 Å². The molecular formula is C9H11ClFN3O4S. The van der Waals surface area contributed by atoms with Crippen molar-refractivity contribution in [3.63, 3.8) is 0 Å². The zero-order chi connectivity index (χ0) is 14.6. The Balaban J connectivity index is 2.77. The Kier molecular flexibility index (Phi) is 5.04. The van der Waals surface area contributed by atoms with Crippen LogP contribution in [-0.2, 0) is 10.0 Å². The summed E-state index contributed by atoms with van der Waals surface area (Å²) in [5.41, 5.74) is -0.451. The van der Waals surface area contributed by atoms with E-state index in [9.17, 15) is 22.9 Å². The molecule has 0 bridgehead atoms. The molecular weight excluding hydrogens is 301 g/mol. The normalized spacial score (nSPS) is 11.3. The van der Waals surface area contributed by atoms with Crippen LogP contribution in [0.1, 0.15) is 0 Å². The summed E-state index contributed by atoms with van der Waals surface area (Å²) in [6, 6.07) is 1.78. The standard InChI is InChI=1S/C9H11ClFN3O4S/c1-19(17,18)13-3-2-12-8-5-7(11)6(10)4-9(8)14(15)16/h4-5,12-13H,2-3H2,1H3. The Morgan fingerprint density at radius 3 is 2.58 bits per heavy atom. The van der Waals surface area contributed by atoms with Gasteiger partial charge in [0.1, 0.15) is 11.5 Å². The van der Waals surface area contributed by atoms with Gasteiger partial charge < -0.3 is 5.32 Å². The molecule has 0 atom stereocenters. The van der Waals surface area contributed by atoms with Gasteiger partial charge in [0.2, 0.25) is 10.0 Å². The number of nitro benzene ring substituents is 1. The lowest BCUT2D eigenvalue weighted by molar-refractivity contribution is -0.384. The number of nitro groups is 1. The number of nitrogens with one attached hydrogen (secondary N) is 2. The first-order valence-electron chi connectivity index (χ1n) is 5.02. The molecule has 2 N–H and O–H groups in total. The third kappa shape index (κ3) is 4.97. The zero-order valence-corrected chi connectivity index (χ0v) is 11.4. The van der Waals surface area contributed by atoms with Gasteiger partial charge in [-0.05, 0) is 0 Å². The van der Waals surface area contributed by atoms with Crippen molar-refractivity contribution in [2.45, 2.75) is 0 Å². The van der Waals surface area contributed by atoms with Gasteiger partial charge in [0.25, 0.3) is 5.69 Å². The highest BCUT2D eigenvalue weighted by atomic mass is 35.5. The first-order valence-corrected chi connectivity index (χ1v) is 7.29. The highest BCUT2D eigenvalue weighted by Gasteiger charge is 2.17. The number of sulfonamides is 1. The minimum Gasteiger partial charge on any atom is -0.378 e. The van der Waals surface area contributed by atoms with Crippen molar-refractivity contribution in [1.82, 2.24) is 4.72 Å². The fraction of sp³-hybridized carbons (Fsp3) is 0.333. The third-order valence-electron chi connectivity index (χ3n) is 2.04. The van der Waals surface area contributed by atoms with Crippen LogP contribution in [0.4, 0.5) is 15.8 Å². The predicted molar refractivity (Wildman–Crippen MR) is 69.4 cm³/mol. The average Bonchev–Trinajstić information content (AvgIpc) is 2.27. The Hall–Kier alpha value is -1.45. The van der Waals surface area contributed by atoms with Crippen LogP contribution in [0, 0.1) is 15.9 Å². The SMILES string of the molecule is CS(=O)(=O)NCCNc1cc(F)c(Cl)cc1[N+](=O)[O-]. The second kappa shape index (κ2) is 6.13. The maximum absolute atomic E-state index is 13.2. The highest BCUT2D eigenvalue weighted by Crippen LogP contribution is 2.30. The van der Waals surface area contributed by atoms with Crippen molar-refractivity contribution in [2.75, 3.05) is 24.7 Å². The number of hydrogen-bond donors (Lipinski definition) is 2. The quantitative estimate of drug-likeness (QED) is 0.469. The molecule has 0 fully saturated rings. The highest BCUT2D eigenvalue weighted by molar-refractivity contribution is 7.88. The smallest absolute Gasteiger partial charge is 0.294 e. The fourth-order valence-electron chi connectivity index (χ4n) is 1.26. The minimum atomic E-state index is -3.34. The molecule has 0 spiro atoms. The molecule has 0 aliphatic rings. The van der Waals surface area contributed by atoms with Crippen LogP contribution in [-0.4, -0.2) is 32.7 Å². The number of anilines is 1. The van der Waals surface area contributed by atoms with E-state index in [0.29, 0.717) is 0 Å². The van der Waals surface area contributed by atoms with Gasteiger partial charge in [-0.2, -0.15) is 0 Å². The van der Waals surface area contributed by atoms with Gasteiger partial charge >= 0.3 is 0 Å². The lowest BCUT2D eigenvalue weighted by Gasteiger charge is -2.08. The van der Waals surface area contributed by atoms with Gasteiger partial charge in [0.15, 0.2) is 0 Å². The fourth-order valence-corrected chi connectivity index (χ4v) is 1.89. The van der Waals surface area contributed by atoms with Gasteiger partial charge in [-0.3, -0.25) is 10.1 Å². The molecule has 19 heavy (non-hydrogen) atoms. The molecule has 0 unspecified atom stereocenters. The van der Waals surface area contributed by atoms with E-state index in [1.807, 2.05) is 0 Å². The van der Waals surface area contributed by atoms with Crippen LogP contribution in [0.5, 0.6) is 0 Å². The summed E-state index contributed by atoms with van der Waals surface area (Å²) < 4.78 is 37.0. The lowest BCUT2D eigenvalue weighted by atomic mass is 10.2. The Morgan fingerprint density at radius 2 is 2.05 bits per heavy atom. The number of rotatable bonds is 6. The molecule has 0 heterocycles. The van der Waals surface area contributed by atoms with Crippen molar-refractivity contribution in [3.05, 3.63) is 33.1 Å². The minimum absolute atomic E-state index is 0.0141. The summed E-state index contributed by atoms with van der Waals surface area (Å²) in [5.74, 6) is -0.800. The monoisotopic (exact) mass is 311 g/mol. The molecule has 0 amide bonds. The summed E-state index contributed by atoms with van der Waals surface area (Å²) >= 11 is 5.45. The molecule has 10 heteroatoms. The third-order valence-corrected chi connectivity index (χ3v) is 3.06. The van der Waals surface area contributed by atoms with E-state index in [1.54, 1.807) is 0 Å². The molecule has 1 rings (SSSR count). The average molecular weight is 312 g/mol. The molecule has 0 saturated heterocycles. The van der Waals surface area contributed by atoms with Crippen LogP contribution in [0.15, 0.2) is 12.1 Å². The van der Waals surface area contributed by atoms with Gasteiger partial charge in [-0.25, -0.2) is 17.5 Å². The van der Waals surface area contributed by atoms with Crippen LogP contribution in [0.25, 0.3) is 0 Å². The molecule has 0 aliphatic heterocycles. The van der Waals surface area contributed by atoms with Crippen molar-refractivity contribution in [3.8, 4) is 0 Å². The van der Waals surface area contributed by atoms with Crippen molar-refractivity contribution in [1.29, 1.82) is 0 Å². The molecule has 0 aliphatic carbocycles. The van der Waals surface area contributed by atoms with E-state index in [4.69, 9.17) is 11.6 Å². The van der Waals surface area contributed by atoms with E-state index in [-0.39, 0.29) is 29.5 Å². The van der Waals surface area contributed by atoms with Crippen molar-refractivity contribution < 1.29 is 17.7 Å². The van der Waals surface area contributed by atoms with E-state index in [0.717, 1.165) is 18.4 Å². The van der Waals surface area contributed by atoms with Crippen molar-refractivity contribution >= 4 is 33.0 Å². The molecule has 106 valence electrons. The number of halogens is 2. The molecule has 1 aromatic rings. The van der Waals surface area contributed by atoms with Crippen LogP contribution in [0.3, 0.4) is 0 Å². The van der Waals surface area contributed by atoms with E-state index >= 15 is 0 Å². The van der Waals surface area contributed by atoms with Gasteiger partial charge in [-0.1, -0.05) is 11.6 Å². The maximum Gasteiger partial charge on any atom is 0.294 e. The molecule has 0 radical (unpaired) electrons. The number of hydrogen-bond acceptors (Lipinski definition) is 5. The summed E-state index contributed by atoms with van der Waals surface area (Å²) in [7, 11) is -3.34. The Bertz CT molecular complexity index is 593. The number of nitrogens with zero attached hydrogens (tertiary/aromatic N) is 1. The maximum atomic E-state index is 13.2. The molecule has 1 aromatic carbocycles. The van der Waals surface area contributed by atoms with Crippen molar-refractivity contribution in [2.24, 2.45) is 0 Å². The zero-order valence-electron chi connectivity index (χ0n) is 9.81. The molecule has 0 saturated carbocycles. The van der Waals surface area contributed by atoms with E-state index < -0.39 is 20.8 Å². The second-order valence-corrected chi connectivity index (χ2v) is 5.87. The van der Waals surface area contributed by atoms with Gasteiger partial charge in [0, 0.05) is 25.2 Å². The van der Waals surface area contributed by atoms with Gasteiger partial charge in [-0.15, -0.1) is 0 Å².